The van der Waals surface area contributed by atoms with E-state index in [0.717, 1.165) is 38.9 Å². The molecule has 2 aromatic heterocycles. The minimum Gasteiger partial charge on any atom is -0.392 e. The number of ether oxygens (including phenoxy) is 2. The van der Waals surface area contributed by atoms with Gasteiger partial charge in [-0.3, -0.25) is 9.78 Å². The predicted molar refractivity (Wildman–Crippen MR) is 184 cm³/mol. The first-order valence-corrected chi connectivity index (χ1v) is 16.7. The molecule has 10 heteroatoms. The lowest BCUT2D eigenvalue weighted by Gasteiger charge is -2.36. The highest BCUT2D eigenvalue weighted by molar-refractivity contribution is 7.99. The van der Waals surface area contributed by atoms with E-state index in [2.05, 4.69) is 43.5 Å². The van der Waals surface area contributed by atoms with E-state index in [4.69, 9.17) is 9.47 Å². The first kappa shape index (κ1) is 31.6. The monoisotopic (exact) mass is 655 g/mol. The van der Waals surface area contributed by atoms with Gasteiger partial charge in [-0.25, -0.2) is 15.0 Å². The number of amides is 1. The van der Waals surface area contributed by atoms with Crippen molar-refractivity contribution in [2.75, 3.05) is 5.75 Å². The fourth-order valence-corrected chi connectivity index (χ4v) is 6.44. The Labute approximate surface area is 282 Å². The van der Waals surface area contributed by atoms with Crippen LogP contribution in [0.3, 0.4) is 0 Å². The maximum Gasteiger partial charge on any atom is 0.271 e. The van der Waals surface area contributed by atoms with E-state index in [1.807, 2.05) is 78.9 Å². The Kier molecular flexibility index (Phi) is 9.76. The van der Waals surface area contributed by atoms with Gasteiger partial charge in [-0.1, -0.05) is 84.6 Å². The van der Waals surface area contributed by atoms with Crippen LogP contribution in [0.1, 0.15) is 51.6 Å². The second kappa shape index (κ2) is 14.8. The number of rotatable bonds is 10. The van der Waals surface area contributed by atoms with Crippen LogP contribution in [0.5, 0.6) is 0 Å². The van der Waals surface area contributed by atoms with Crippen molar-refractivity contribution in [2.24, 2.45) is 0 Å². The molecule has 2 N–H and O–H groups in total. The van der Waals surface area contributed by atoms with Gasteiger partial charge < -0.3 is 19.9 Å². The van der Waals surface area contributed by atoms with Crippen molar-refractivity contribution in [3.8, 4) is 11.1 Å². The van der Waals surface area contributed by atoms with Crippen LogP contribution in [-0.4, -0.2) is 42.8 Å². The molecule has 0 unspecified atom stereocenters. The Morgan fingerprint density at radius 1 is 0.792 bits per heavy atom. The van der Waals surface area contributed by atoms with Crippen molar-refractivity contribution >= 4 is 28.7 Å². The molecule has 1 fully saturated rings. The highest BCUT2D eigenvalue weighted by Crippen LogP contribution is 2.40. The molecule has 0 spiro atoms. The molecule has 6 aromatic rings. The van der Waals surface area contributed by atoms with Gasteiger partial charge in [0.2, 0.25) is 0 Å². The molecule has 1 aliphatic rings. The number of aliphatic hydroxyl groups is 1. The summed E-state index contributed by atoms with van der Waals surface area (Å²) in [6.45, 7) is 0.338. The van der Waals surface area contributed by atoms with Gasteiger partial charge in [0, 0.05) is 36.7 Å². The Balaban J connectivity index is 1.07. The van der Waals surface area contributed by atoms with Crippen molar-refractivity contribution in [3.63, 3.8) is 0 Å². The third kappa shape index (κ3) is 7.58. The van der Waals surface area contributed by atoms with E-state index in [1.165, 1.54) is 6.20 Å². The fourth-order valence-electron chi connectivity index (χ4n) is 5.62. The van der Waals surface area contributed by atoms with Gasteiger partial charge in [-0.2, -0.15) is 0 Å². The Bertz CT molecular complexity index is 2010. The zero-order valence-electron chi connectivity index (χ0n) is 26.0. The number of fused-ring (bicyclic) bond motifs is 1. The summed E-state index contributed by atoms with van der Waals surface area (Å²) in [5.74, 6) is 0.396. The highest BCUT2D eigenvalue weighted by atomic mass is 32.2. The normalized spacial score (nSPS) is 17.6. The number of hydrogen-bond acceptors (Lipinski definition) is 9. The third-order valence-corrected chi connectivity index (χ3v) is 9.12. The summed E-state index contributed by atoms with van der Waals surface area (Å²) < 4.78 is 13.1. The van der Waals surface area contributed by atoms with Gasteiger partial charge in [0.25, 0.3) is 5.91 Å². The van der Waals surface area contributed by atoms with Gasteiger partial charge in [0.15, 0.2) is 11.4 Å². The lowest BCUT2D eigenvalue weighted by atomic mass is 9.99. The molecule has 0 saturated carbocycles. The summed E-state index contributed by atoms with van der Waals surface area (Å²) in [7, 11) is 0. The summed E-state index contributed by atoms with van der Waals surface area (Å²) in [4.78, 5) is 30.4. The van der Waals surface area contributed by atoms with Gasteiger partial charge in [0.05, 0.1) is 36.0 Å². The van der Waals surface area contributed by atoms with Crippen LogP contribution in [0.4, 0.5) is 0 Å². The molecular formula is C38H33N5O4S. The van der Waals surface area contributed by atoms with Crippen molar-refractivity contribution in [1.29, 1.82) is 0 Å². The number of hydrogen-bond donors (Lipinski definition) is 2. The standard InChI is InChI=1S/C38H33N5O4S/c44-23-25-12-14-27(15-13-25)35-20-31(24-48-38-39-16-5-17-40-38)46-37(47-35)30-9-4-8-29(19-30)28-7-3-6-26(18-28)21-42-36(45)34-22-41-32-10-1-2-11-33(32)43-34/h1-19,22,31,35,37,44H,20-21,23-24H2,(H,42,45)/t31-,35+,37+/m0/s1. The average Bonchev–Trinajstić information content (AvgIpc) is 3.16. The minimum absolute atomic E-state index is 0.00657. The zero-order chi connectivity index (χ0) is 32.7. The number of aliphatic hydroxyl groups excluding tert-OH is 1. The largest absolute Gasteiger partial charge is 0.392 e. The van der Waals surface area contributed by atoms with Crippen LogP contribution >= 0.6 is 11.8 Å². The van der Waals surface area contributed by atoms with Gasteiger partial charge in [0.1, 0.15) is 5.69 Å². The van der Waals surface area contributed by atoms with Crippen LogP contribution in [-0.2, 0) is 22.6 Å². The first-order chi connectivity index (χ1) is 23.6. The molecular weight excluding hydrogens is 623 g/mol. The number of carbonyl (C=O) groups is 1. The quantitative estimate of drug-likeness (QED) is 0.121. The first-order valence-electron chi connectivity index (χ1n) is 15.7. The molecule has 48 heavy (non-hydrogen) atoms. The third-order valence-electron chi connectivity index (χ3n) is 8.11. The fraction of sp³-hybridized carbons (Fsp3) is 0.184. The van der Waals surface area contributed by atoms with E-state index in [9.17, 15) is 9.90 Å². The number of benzene rings is 4. The van der Waals surface area contributed by atoms with Crippen LogP contribution in [0, 0.1) is 0 Å². The predicted octanol–water partition coefficient (Wildman–Crippen LogP) is 6.85. The van der Waals surface area contributed by atoms with Crippen LogP contribution in [0.15, 0.2) is 127 Å². The molecule has 0 aliphatic carbocycles. The highest BCUT2D eigenvalue weighted by Gasteiger charge is 2.32. The van der Waals surface area contributed by atoms with E-state index < -0.39 is 6.29 Å². The molecule has 3 heterocycles. The molecule has 4 aromatic carbocycles. The number of para-hydroxylation sites is 2. The molecule has 1 aliphatic heterocycles. The van der Waals surface area contributed by atoms with Gasteiger partial charge in [-0.05, 0) is 58.1 Å². The Morgan fingerprint density at radius 2 is 1.56 bits per heavy atom. The van der Waals surface area contributed by atoms with Crippen LogP contribution in [0.2, 0.25) is 0 Å². The number of carbonyl (C=O) groups excluding carboxylic acids is 1. The summed E-state index contributed by atoms with van der Waals surface area (Å²) >= 11 is 1.56. The summed E-state index contributed by atoms with van der Waals surface area (Å²) in [5.41, 5.74) is 7.47. The smallest absolute Gasteiger partial charge is 0.271 e. The second-order valence-corrected chi connectivity index (χ2v) is 12.4. The molecule has 1 saturated heterocycles. The van der Waals surface area contributed by atoms with Crippen LogP contribution < -0.4 is 5.32 Å². The molecule has 1 amide bonds. The zero-order valence-corrected chi connectivity index (χ0v) is 26.8. The van der Waals surface area contributed by atoms with Crippen molar-refractivity contribution in [1.82, 2.24) is 25.3 Å². The number of nitrogens with zero attached hydrogens (tertiary/aromatic N) is 4. The molecule has 9 nitrogen and oxygen atoms in total. The van der Waals surface area contributed by atoms with Crippen molar-refractivity contribution in [3.05, 3.63) is 150 Å². The van der Waals surface area contributed by atoms with E-state index in [1.54, 1.807) is 30.2 Å². The maximum atomic E-state index is 12.9. The lowest BCUT2D eigenvalue weighted by Crippen LogP contribution is -2.31. The van der Waals surface area contributed by atoms with E-state index in [0.29, 0.717) is 29.4 Å². The van der Waals surface area contributed by atoms with E-state index >= 15 is 0 Å². The second-order valence-electron chi connectivity index (χ2n) is 11.4. The number of thioether (sulfide) groups is 1. The Hall–Kier alpha value is -5.00. The maximum absolute atomic E-state index is 12.9. The minimum atomic E-state index is -0.589. The topological polar surface area (TPSA) is 119 Å². The van der Waals surface area contributed by atoms with Crippen molar-refractivity contribution in [2.45, 2.75) is 43.2 Å². The molecule has 3 atom stereocenters. The van der Waals surface area contributed by atoms with Crippen molar-refractivity contribution < 1.29 is 19.4 Å². The summed E-state index contributed by atoms with van der Waals surface area (Å²) in [6.07, 6.45) is 4.76. The lowest BCUT2D eigenvalue weighted by molar-refractivity contribution is -0.245. The summed E-state index contributed by atoms with van der Waals surface area (Å²) in [5, 5.41) is 13.2. The number of aromatic nitrogens is 4. The molecule has 7 rings (SSSR count). The molecule has 0 bridgehead atoms. The molecule has 240 valence electrons. The average molecular weight is 656 g/mol. The van der Waals surface area contributed by atoms with Gasteiger partial charge >= 0.3 is 0 Å². The molecule has 0 radical (unpaired) electrons. The van der Waals surface area contributed by atoms with Crippen LogP contribution in [0.25, 0.3) is 22.2 Å². The summed E-state index contributed by atoms with van der Waals surface area (Å²) in [6, 6.07) is 33.4. The SMILES string of the molecule is O=C(NCc1cccc(-c2cccc([C@@H]3O[C@H](CSc4ncccn4)C[C@H](c4ccc(CO)cc4)O3)c2)c1)c1cnc2ccccc2n1. The van der Waals surface area contributed by atoms with Gasteiger partial charge in [-0.15, -0.1) is 0 Å². The van der Waals surface area contributed by atoms with E-state index in [-0.39, 0.29) is 30.4 Å². The Morgan fingerprint density at radius 3 is 2.38 bits per heavy atom. The number of nitrogens with one attached hydrogen (secondary N) is 1.